The molecule has 0 bridgehead atoms. The predicted molar refractivity (Wildman–Crippen MR) is 112 cm³/mol. The maximum atomic E-state index is 6.43. The van der Waals surface area contributed by atoms with E-state index >= 15 is 0 Å². The molecule has 0 aliphatic carbocycles. The lowest BCUT2D eigenvalue weighted by molar-refractivity contribution is 0.524. The number of nitrogens with zero attached hydrogens (tertiary/aromatic N) is 1. The van der Waals surface area contributed by atoms with Crippen LogP contribution in [0.4, 0.5) is 0 Å². The van der Waals surface area contributed by atoms with Gasteiger partial charge < -0.3 is 4.00 Å². The highest BCUT2D eigenvalue weighted by atomic mass is 32.4. The molecule has 1 N–H and O–H groups in total. The van der Waals surface area contributed by atoms with Crippen LogP contribution in [0.5, 0.6) is 0 Å². The standard InChI is InChI=1S/C16H33N2PSSi2/c1-16(2,3)17-19(20,15-13-11-10-12-14-15)18(21(4,5)6)22(7,8)9/h10-14H,1-9H3,(H,17,20). The molecule has 6 heteroatoms. The summed E-state index contributed by atoms with van der Waals surface area (Å²) in [5, 5.41) is 5.18. The van der Waals surface area contributed by atoms with Crippen LogP contribution in [-0.4, -0.2) is 26.0 Å². The van der Waals surface area contributed by atoms with Crippen LogP contribution in [0.25, 0.3) is 0 Å². The first-order valence-electron chi connectivity index (χ1n) is 7.94. The minimum Gasteiger partial charge on any atom is -0.303 e. The highest BCUT2D eigenvalue weighted by Crippen LogP contribution is 2.52. The van der Waals surface area contributed by atoms with E-state index in [1.165, 1.54) is 5.30 Å². The van der Waals surface area contributed by atoms with E-state index < -0.39 is 22.8 Å². The normalized spacial score (nSPS) is 16.6. The Labute approximate surface area is 145 Å². The maximum absolute atomic E-state index is 6.43. The van der Waals surface area contributed by atoms with Crippen LogP contribution >= 0.6 is 6.34 Å². The molecular weight excluding hydrogens is 339 g/mol. The molecule has 2 nitrogen and oxygen atoms in total. The number of hydrogen-bond acceptors (Lipinski definition) is 1. The van der Waals surface area contributed by atoms with E-state index in [1.807, 2.05) is 0 Å². The Morgan fingerprint density at radius 1 is 0.909 bits per heavy atom. The second-order valence-electron chi connectivity index (χ2n) is 8.93. The largest absolute Gasteiger partial charge is 0.303 e. The molecule has 1 aromatic rings. The molecule has 126 valence electrons. The van der Waals surface area contributed by atoms with Gasteiger partial charge in [0.1, 0.15) is 16.5 Å². The Morgan fingerprint density at radius 3 is 1.64 bits per heavy atom. The SMILES string of the molecule is CC(C)(C)NP(=S)(c1ccccc1)N([Si](C)(C)C)[Si](C)(C)C. The summed E-state index contributed by atoms with van der Waals surface area (Å²) in [6.45, 7) is 21.3. The third-order valence-corrected chi connectivity index (χ3v) is 19.9. The Balaban J connectivity index is 3.59. The highest BCUT2D eigenvalue weighted by molar-refractivity contribution is 8.17. The van der Waals surface area contributed by atoms with Crippen molar-refractivity contribution in [3.8, 4) is 0 Å². The topological polar surface area (TPSA) is 15.3 Å². The Morgan fingerprint density at radius 2 is 1.32 bits per heavy atom. The number of nitrogens with one attached hydrogen (secondary N) is 1. The molecule has 1 rings (SSSR count). The molecule has 0 fully saturated rings. The van der Waals surface area contributed by atoms with Crippen LogP contribution in [-0.2, 0) is 11.8 Å². The third-order valence-electron chi connectivity index (χ3n) is 3.15. The van der Waals surface area contributed by atoms with Crippen molar-refractivity contribution in [3.63, 3.8) is 0 Å². The van der Waals surface area contributed by atoms with Crippen molar-refractivity contribution >= 4 is 39.9 Å². The molecule has 0 aliphatic rings. The average Bonchev–Trinajstić information content (AvgIpc) is 2.23. The molecule has 0 aliphatic heterocycles. The Kier molecular flexibility index (Phi) is 6.09. The van der Waals surface area contributed by atoms with Gasteiger partial charge in [0, 0.05) is 10.8 Å². The van der Waals surface area contributed by atoms with Gasteiger partial charge in [-0.1, -0.05) is 81.4 Å². The van der Waals surface area contributed by atoms with Gasteiger partial charge in [0.25, 0.3) is 0 Å². The van der Waals surface area contributed by atoms with E-state index in [9.17, 15) is 0 Å². The van der Waals surface area contributed by atoms with Gasteiger partial charge in [0.15, 0.2) is 0 Å². The van der Waals surface area contributed by atoms with Crippen molar-refractivity contribution in [2.45, 2.75) is 65.6 Å². The summed E-state index contributed by atoms with van der Waals surface area (Å²) in [5.41, 5.74) is 0.00290. The molecule has 22 heavy (non-hydrogen) atoms. The van der Waals surface area contributed by atoms with E-state index in [0.29, 0.717) is 0 Å². The molecule has 0 radical (unpaired) electrons. The number of rotatable bonds is 5. The van der Waals surface area contributed by atoms with Gasteiger partial charge >= 0.3 is 0 Å². The van der Waals surface area contributed by atoms with E-state index in [0.717, 1.165) is 0 Å². The Hall–Kier alpha value is 0.224. The second-order valence-corrected chi connectivity index (χ2v) is 23.6. The first kappa shape index (κ1) is 20.3. The van der Waals surface area contributed by atoms with Gasteiger partial charge in [0.2, 0.25) is 0 Å². The van der Waals surface area contributed by atoms with Crippen molar-refractivity contribution in [2.24, 2.45) is 0 Å². The van der Waals surface area contributed by atoms with E-state index in [1.54, 1.807) is 0 Å². The summed E-state index contributed by atoms with van der Waals surface area (Å²) in [5.74, 6) is 0. The van der Waals surface area contributed by atoms with E-state index in [4.69, 9.17) is 11.8 Å². The van der Waals surface area contributed by atoms with Crippen LogP contribution in [0.2, 0.25) is 39.3 Å². The fourth-order valence-electron chi connectivity index (χ4n) is 3.17. The van der Waals surface area contributed by atoms with Crippen molar-refractivity contribution < 1.29 is 0 Å². The molecule has 0 heterocycles. The average molecular weight is 373 g/mol. The Bertz CT molecular complexity index is 528. The minimum absolute atomic E-state index is 0.00290. The zero-order chi connectivity index (χ0) is 17.4. The van der Waals surface area contributed by atoms with Crippen LogP contribution in [0.15, 0.2) is 30.3 Å². The highest BCUT2D eigenvalue weighted by Gasteiger charge is 2.45. The molecule has 1 atom stereocenters. The molecule has 0 aromatic heterocycles. The van der Waals surface area contributed by atoms with Crippen molar-refractivity contribution in [1.29, 1.82) is 0 Å². The van der Waals surface area contributed by atoms with Gasteiger partial charge in [0.05, 0.1) is 6.34 Å². The summed E-state index contributed by atoms with van der Waals surface area (Å²) in [4.78, 5) is 0. The van der Waals surface area contributed by atoms with Crippen molar-refractivity contribution in [1.82, 2.24) is 9.09 Å². The molecule has 0 amide bonds. The molecule has 1 aromatic carbocycles. The monoisotopic (exact) mass is 372 g/mol. The summed E-state index contributed by atoms with van der Waals surface area (Å²) >= 11 is 6.43. The third kappa shape index (κ3) is 5.12. The fourth-order valence-corrected chi connectivity index (χ4v) is 26.5. The second kappa shape index (κ2) is 6.62. The van der Waals surface area contributed by atoms with Crippen LogP contribution in [0.3, 0.4) is 0 Å². The lowest BCUT2D eigenvalue weighted by Gasteiger charge is -2.52. The van der Waals surface area contributed by atoms with Gasteiger partial charge in [-0.2, -0.15) is 0 Å². The van der Waals surface area contributed by atoms with Crippen molar-refractivity contribution in [3.05, 3.63) is 30.3 Å². The zero-order valence-electron chi connectivity index (χ0n) is 15.7. The zero-order valence-corrected chi connectivity index (χ0v) is 19.4. The van der Waals surface area contributed by atoms with Crippen LogP contribution in [0.1, 0.15) is 20.8 Å². The first-order chi connectivity index (χ1) is 9.68. The number of hydrogen-bond donors (Lipinski definition) is 1. The van der Waals surface area contributed by atoms with Crippen LogP contribution in [0, 0.1) is 0 Å². The molecule has 0 saturated carbocycles. The summed E-state index contributed by atoms with van der Waals surface area (Å²) in [6, 6.07) is 10.7. The lowest BCUT2D eigenvalue weighted by atomic mass is 10.1. The van der Waals surface area contributed by atoms with Crippen molar-refractivity contribution in [2.75, 3.05) is 0 Å². The van der Waals surface area contributed by atoms with Gasteiger partial charge in [-0.3, -0.25) is 5.09 Å². The molecule has 0 spiro atoms. The maximum Gasteiger partial charge on any atom is 0.118 e. The smallest absolute Gasteiger partial charge is 0.118 e. The summed E-state index contributed by atoms with van der Waals surface area (Å²) in [6.07, 6.45) is -2.01. The van der Waals surface area contributed by atoms with E-state index in [-0.39, 0.29) is 5.54 Å². The van der Waals surface area contributed by atoms with E-state index in [2.05, 4.69) is 99.5 Å². The van der Waals surface area contributed by atoms with Crippen LogP contribution < -0.4 is 10.4 Å². The molecule has 0 saturated heterocycles. The molecular formula is C16H33N2PSSi2. The quantitative estimate of drug-likeness (QED) is 0.579. The lowest BCUT2D eigenvalue weighted by Crippen LogP contribution is -2.61. The van der Waals surface area contributed by atoms with Gasteiger partial charge in [-0.15, -0.1) is 0 Å². The first-order valence-corrected chi connectivity index (χ1v) is 17.6. The number of benzene rings is 1. The van der Waals surface area contributed by atoms with Gasteiger partial charge in [-0.05, 0) is 20.8 Å². The summed E-state index contributed by atoms with van der Waals surface area (Å²) in [7, 11) is -3.12. The fraction of sp³-hybridized carbons (Fsp3) is 0.625. The molecule has 1 unspecified atom stereocenters. The summed E-state index contributed by atoms with van der Waals surface area (Å²) < 4.78 is 2.79. The predicted octanol–water partition coefficient (Wildman–Crippen LogP) is 4.98. The van der Waals surface area contributed by atoms with Gasteiger partial charge in [-0.25, -0.2) is 0 Å². The minimum atomic E-state index is -2.01.